The third-order valence-electron chi connectivity index (χ3n) is 2.51. The summed E-state index contributed by atoms with van der Waals surface area (Å²) < 4.78 is 27.2. The summed E-state index contributed by atoms with van der Waals surface area (Å²) in [6.07, 6.45) is 2.59. The van der Waals surface area contributed by atoms with Gasteiger partial charge >= 0.3 is 0 Å². The summed E-state index contributed by atoms with van der Waals surface area (Å²) in [6.45, 7) is 2.04. The van der Waals surface area contributed by atoms with Crippen molar-refractivity contribution in [2.75, 3.05) is 20.1 Å². The fourth-order valence-electron chi connectivity index (χ4n) is 1.21. The lowest BCUT2D eigenvalue weighted by Crippen LogP contribution is -2.42. The highest BCUT2D eigenvalue weighted by Crippen LogP contribution is 2.04. The smallest absolute Gasteiger partial charge is 0.244 e. The van der Waals surface area contributed by atoms with Crippen LogP contribution in [0.15, 0.2) is 17.3 Å². The molecule has 10 heteroatoms. The fraction of sp³-hybridized carbons (Fsp3) is 0.600. The molecule has 1 heterocycles. The Kier molecular flexibility index (Phi) is 7.72. The highest BCUT2D eigenvalue weighted by molar-refractivity contribution is 7.89. The Hall–Kier alpha value is -1.16. The molecular formula is C10H20ClN5O3S. The molecule has 1 atom stereocenters. The Bertz CT molecular complexity index is 531. The predicted molar refractivity (Wildman–Crippen MR) is 77.2 cm³/mol. The molecule has 1 aromatic heterocycles. The van der Waals surface area contributed by atoms with Crippen LogP contribution in [0.3, 0.4) is 0 Å². The van der Waals surface area contributed by atoms with Gasteiger partial charge in [-0.15, -0.1) is 12.4 Å². The molecule has 0 aromatic carbocycles. The molecule has 0 aliphatic rings. The second-order valence-electron chi connectivity index (χ2n) is 4.17. The van der Waals surface area contributed by atoms with Gasteiger partial charge in [-0.3, -0.25) is 9.48 Å². The second kappa shape index (κ2) is 8.20. The molecule has 1 aromatic rings. The maximum absolute atomic E-state index is 11.8. The van der Waals surface area contributed by atoms with E-state index in [2.05, 4.69) is 20.5 Å². The number of carbonyl (C=O) groups excluding carboxylic acids is 1. The second-order valence-corrected chi connectivity index (χ2v) is 5.94. The number of nitrogens with one attached hydrogen (secondary N) is 3. The summed E-state index contributed by atoms with van der Waals surface area (Å²) >= 11 is 0. The van der Waals surface area contributed by atoms with Gasteiger partial charge in [0.2, 0.25) is 15.9 Å². The van der Waals surface area contributed by atoms with Gasteiger partial charge in [-0.1, -0.05) is 0 Å². The molecule has 1 unspecified atom stereocenters. The lowest BCUT2D eigenvalue weighted by molar-refractivity contribution is -0.120. The molecule has 8 nitrogen and oxygen atoms in total. The average molecular weight is 326 g/mol. The van der Waals surface area contributed by atoms with Crippen molar-refractivity contribution in [3.05, 3.63) is 12.4 Å². The highest BCUT2D eigenvalue weighted by atomic mass is 35.5. The molecule has 0 aliphatic carbocycles. The molecular weight excluding hydrogens is 306 g/mol. The van der Waals surface area contributed by atoms with E-state index in [1.54, 1.807) is 14.1 Å². The van der Waals surface area contributed by atoms with Crippen LogP contribution in [0, 0.1) is 0 Å². The third kappa shape index (κ3) is 5.87. The van der Waals surface area contributed by atoms with E-state index in [9.17, 15) is 13.2 Å². The SMILES string of the molecule is CNC(C)CNC(=O)CNS(=O)(=O)c1cnn(C)c1.Cl. The molecule has 0 saturated heterocycles. The van der Waals surface area contributed by atoms with Gasteiger partial charge in [0, 0.05) is 25.8 Å². The number of nitrogens with zero attached hydrogens (tertiary/aromatic N) is 2. The number of aromatic nitrogens is 2. The molecule has 116 valence electrons. The summed E-state index contributed by atoms with van der Waals surface area (Å²) in [5.41, 5.74) is 0. The number of aryl methyl sites for hydroxylation is 1. The van der Waals surface area contributed by atoms with Crippen molar-refractivity contribution in [1.82, 2.24) is 25.1 Å². The van der Waals surface area contributed by atoms with Crippen LogP contribution < -0.4 is 15.4 Å². The number of rotatable bonds is 7. The first-order valence-corrected chi connectivity index (χ1v) is 7.25. The zero-order valence-electron chi connectivity index (χ0n) is 11.6. The summed E-state index contributed by atoms with van der Waals surface area (Å²) in [7, 11) is -0.293. The highest BCUT2D eigenvalue weighted by Gasteiger charge is 2.17. The number of hydrogen-bond acceptors (Lipinski definition) is 5. The lowest BCUT2D eigenvalue weighted by Gasteiger charge is -2.11. The Morgan fingerprint density at radius 3 is 2.65 bits per heavy atom. The van der Waals surface area contributed by atoms with E-state index in [0.717, 1.165) is 0 Å². The van der Waals surface area contributed by atoms with E-state index < -0.39 is 10.0 Å². The van der Waals surface area contributed by atoms with Gasteiger partial charge in [0.25, 0.3) is 0 Å². The topological polar surface area (TPSA) is 105 Å². The van der Waals surface area contributed by atoms with Crippen molar-refractivity contribution in [2.24, 2.45) is 7.05 Å². The first-order valence-electron chi connectivity index (χ1n) is 5.77. The van der Waals surface area contributed by atoms with E-state index in [1.807, 2.05) is 6.92 Å². The number of halogens is 1. The van der Waals surface area contributed by atoms with Crippen molar-refractivity contribution in [2.45, 2.75) is 17.9 Å². The molecule has 0 spiro atoms. The zero-order valence-corrected chi connectivity index (χ0v) is 13.2. The molecule has 20 heavy (non-hydrogen) atoms. The van der Waals surface area contributed by atoms with E-state index in [1.165, 1.54) is 17.1 Å². The van der Waals surface area contributed by atoms with Gasteiger partial charge in [-0.05, 0) is 14.0 Å². The van der Waals surface area contributed by atoms with Gasteiger partial charge in [0.1, 0.15) is 4.90 Å². The van der Waals surface area contributed by atoms with Gasteiger partial charge in [0.05, 0.1) is 12.7 Å². The minimum Gasteiger partial charge on any atom is -0.353 e. The molecule has 0 bridgehead atoms. The number of sulfonamides is 1. The van der Waals surface area contributed by atoms with Crippen molar-refractivity contribution in [3.8, 4) is 0 Å². The first kappa shape index (κ1) is 18.8. The van der Waals surface area contributed by atoms with Crippen LogP contribution in [-0.2, 0) is 21.9 Å². The molecule has 3 N–H and O–H groups in total. The van der Waals surface area contributed by atoms with Gasteiger partial charge < -0.3 is 10.6 Å². The third-order valence-corrected chi connectivity index (χ3v) is 3.87. The average Bonchev–Trinajstić information content (AvgIpc) is 2.81. The van der Waals surface area contributed by atoms with Crippen LogP contribution in [0.1, 0.15) is 6.92 Å². The lowest BCUT2D eigenvalue weighted by atomic mass is 10.3. The standard InChI is InChI=1S/C10H19N5O3S.ClH/c1-8(11-2)4-12-10(16)6-14-19(17,18)9-5-13-15(3)7-9;/h5,7-8,11,14H,4,6H2,1-3H3,(H,12,16);1H. The van der Waals surface area contributed by atoms with Crippen LogP contribution >= 0.6 is 12.4 Å². The van der Waals surface area contributed by atoms with Crippen LogP contribution in [0.4, 0.5) is 0 Å². The van der Waals surface area contributed by atoms with E-state index in [-0.39, 0.29) is 35.8 Å². The Morgan fingerprint density at radius 2 is 2.15 bits per heavy atom. The molecule has 0 fully saturated rings. The number of hydrogen-bond donors (Lipinski definition) is 3. The van der Waals surface area contributed by atoms with Crippen LogP contribution in [0.2, 0.25) is 0 Å². The van der Waals surface area contributed by atoms with Crippen molar-refractivity contribution < 1.29 is 13.2 Å². The van der Waals surface area contributed by atoms with Gasteiger partial charge in [0.15, 0.2) is 0 Å². The molecule has 0 saturated carbocycles. The number of amides is 1. The Balaban J connectivity index is 0.00000361. The van der Waals surface area contributed by atoms with Crippen LogP contribution in [0.5, 0.6) is 0 Å². The van der Waals surface area contributed by atoms with E-state index in [0.29, 0.717) is 6.54 Å². The van der Waals surface area contributed by atoms with Crippen LogP contribution in [0.25, 0.3) is 0 Å². The fourth-order valence-corrected chi connectivity index (χ4v) is 2.18. The first-order chi connectivity index (χ1) is 8.85. The Morgan fingerprint density at radius 1 is 1.50 bits per heavy atom. The van der Waals surface area contributed by atoms with Gasteiger partial charge in [-0.25, -0.2) is 13.1 Å². The van der Waals surface area contributed by atoms with Gasteiger partial charge in [-0.2, -0.15) is 5.10 Å². The summed E-state index contributed by atoms with van der Waals surface area (Å²) in [6, 6.07) is 0.124. The number of carbonyl (C=O) groups is 1. The quantitative estimate of drug-likeness (QED) is 0.587. The van der Waals surface area contributed by atoms with Crippen molar-refractivity contribution in [1.29, 1.82) is 0 Å². The number of likely N-dealkylation sites (N-methyl/N-ethyl adjacent to an activating group) is 1. The van der Waals surface area contributed by atoms with Crippen molar-refractivity contribution >= 4 is 28.3 Å². The van der Waals surface area contributed by atoms with E-state index >= 15 is 0 Å². The molecule has 0 radical (unpaired) electrons. The molecule has 0 aliphatic heterocycles. The molecule has 1 rings (SSSR count). The summed E-state index contributed by atoms with van der Waals surface area (Å²) in [5, 5.41) is 9.34. The summed E-state index contributed by atoms with van der Waals surface area (Å²) in [5.74, 6) is -0.380. The minimum absolute atomic E-state index is 0. The molecule has 1 amide bonds. The monoisotopic (exact) mass is 325 g/mol. The maximum Gasteiger partial charge on any atom is 0.244 e. The normalized spacial score (nSPS) is 12.6. The zero-order chi connectivity index (χ0) is 14.5. The maximum atomic E-state index is 11.8. The predicted octanol–water partition coefficient (Wildman–Crippen LogP) is -1.16. The van der Waals surface area contributed by atoms with E-state index in [4.69, 9.17) is 0 Å². The van der Waals surface area contributed by atoms with Crippen molar-refractivity contribution in [3.63, 3.8) is 0 Å². The minimum atomic E-state index is -3.69. The summed E-state index contributed by atoms with van der Waals surface area (Å²) in [4.78, 5) is 11.5. The largest absolute Gasteiger partial charge is 0.353 e. The Labute approximate surface area is 124 Å². The van der Waals surface area contributed by atoms with Crippen LogP contribution in [-0.4, -0.2) is 50.3 Å².